The minimum absolute atomic E-state index is 0.0989. The Hall–Kier alpha value is -1.59. The Kier molecular flexibility index (Phi) is 3.63. The molecule has 6 nitrogen and oxygen atoms in total. The number of hydrogen-bond acceptors (Lipinski definition) is 5. The van der Waals surface area contributed by atoms with E-state index in [1.807, 2.05) is 0 Å². The Balaban J connectivity index is 1.53. The highest BCUT2D eigenvalue weighted by Gasteiger charge is 2.32. The highest BCUT2D eigenvalue weighted by atomic mass is 16.5. The van der Waals surface area contributed by atoms with Gasteiger partial charge in [-0.1, -0.05) is 25.9 Å². The van der Waals surface area contributed by atoms with Gasteiger partial charge < -0.3 is 14.7 Å². The van der Waals surface area contributed by atoms with Gasteiger partial charge in [-0.15, -0.1) is 0 Å². The first-order valence-electron chi connectivity index (χ1n) is 7.83. The summed E-state index contributed by atoms with van der Waals surface area (Å²) in [5.74, 6) is 1.26. The van der Waals surface area contributed by atoms with E-state index in [1.165, 1.54) is 0 Å². The molecule has 0 radical (unpaired) electrons. The van der Waals surface area contributed by atoms with E-state index in [4.69, 9.17) is 4.52 Å². The summed E-state index contributed by atoms with van der Waals surface area (Å²) >= 11 is 0. The summed E-state index contributed by atoms with van der Waals surface area (Å²) in [5.41, 5.74) is -0.0989. The first-order chi connectivity index (χ1) is 9.93. The van der Waals surface area contributed by atoms with Crippen LogP contribution < -0.4 is 10.2 Å². The predicted octanol–water partition coefficient (Wildman–Crippen LogP) is 1.86. The molecule has 1 saturated carbocycles. The SMILES string of the molecule is CC(C)(C)c1noc(N2CCC(NC(=O)C3CC3)CC2)n1. The van der Waals surface area contributed by atoms with Crippen molar-refractivity contribution in [3.63, 3.8) is 0 Å². The maximum Gasteiger partial charge on any atom is 0.324 e. The fourth-order valence-corrected chi connectivity index (χ4v) is 2.53. The molecule has 0 aromatic carbocycles. The lowest BCUT2D eigenvalue weighted by Crippen LogP contribution is -2.45. The average molecular weight is 292 g/mol. The van der Waals surface area contributed by atoms with Crippen LogP contribution in [0.5, 0.6) is 0 Å². The van der Waals surface area contributed by atoms with Crippen molar-refractivity contribution < 1.29 is 9.32 Å². The van der Waals surface area contributed by atoms with Crippen molar-refractivity contribution >= 4 is 11.9 Å². The van der Waals surface area contributed by atoms with Crippen molar-refractivity contribution in [2.45, 2.75) is 57.9 Å². The van der Waals surface area contributed by atoms with Gasteiger partial charge >= 0.3 is 6.01 Å². The second-order valence-electron chi connectivity index (χ2n) is 7.19. The van der Waals surface area contributed by atoms with E-state index in [1.54, 1.807) is 0 Å². The zero-order valence-electron chi connectivity index (χ0n) is 13.1. The Bertz CT molecular complexity index is 508. The summed E-state index contributed by atoms with van der Waals surface area (Å²) in [6.07, 6.45) is 3.99. The van der Waals surface area contributed by atoms with E-state index in [0.717, 1.165) is 44.6 Å². The number of nitrogens with zero attached hydrogens (tertiary/aromatic N) is 3. The maximum absolute atomic E-state index is 11.8. The highest BCUT2D eigenvalue weighted by molar-refractivity contribution is 5.81. The normalized spacial score (nSPS) is 20.6. The van der Waals surface area contributed by atoms with Crippen LogP contribution in [0, 0.1) is 5.92 Å². The number of anilines is 1. The van der Waals surface area contributed by atoms with Crippen molar-refractivity contribution in [2.24, 2.45) is 5.92 Å². The summed E-state index contributed by atoms with van der Waals surface area (Å²) in [6.45, 7) is 7.91. The summed E-state index contributed by atoms with van der Waals surface area (Å²) in [5, 5.41) is 7.21. The third-order valence-corrected chi connectivity index (χ3v) is 4.15. The number of hydrogen-bond donors (Lipinski definition) is 1. The number of nitrogens with one attached hydrogen (secondary N) is 1. The quantitative estimate of drug-likeness (QED) is 0.920. The standard InChI is InChI=1S/C15H24N4O2/c1-15(2,3)13-17-14(21-18-13)19-8-6-11(7-9-19)16-12(20)10-4-5-10/h10-11H,4-9H2,1-3H3,(H,16,20). The van der Waals surface area contributed by atoms with Gasteiger partial charge in [0.05, 0.1) is 0 Å². The molecular formula is C15H24N4O2. The Morgan fingerprint density at radius 1 is 1.24 bits per heavy atom. The minimum Gasteiger partial charge on any atom is -0.353 e. The van der Waals surface area contributed by atoms with E-state index < -0.39 is 0 Å². The molecule has 1 aromatic heterocycles. The van der Waals surface area contributed by atoms with E-state index in [0.29, 0.717) is 12.1 Å². The highest BCUT2D eigenvalue weighted by Crippen LogP contribution is 2.29. The molecule has 3 rings (SSSR count). The lowest BCUT2D eigenvalue weighted by molar-refractivity contribution is -0.123. The molecule has 2 heterocycles. The number of amides is 1. The Morgan fingerprint density at radius 3 is 2.43 bits per heavy atom. The van der Waals surface area contributed by atoms with Crippen LogP contribution in [0.3, 0.4) is 0 Å². The van der Waals surface area contributed by atoms with Crippen LogP contribution in [0.1, 0.15) is 52.3 Å². The zero-order chi connectivity index (χ0) is 15.0. The first-order valence-corrected chi connectivity index (χ1v) is 7.83. The maximum atomic E-state index is 11.8. The molecule has 0 atom stereocenters. The van der Waals surface area contributed by atoms with Crippen LogP contribution >= 0.6 is 0 Å². The second kappa shape index (κ2) is 5.31. The predicted molar refractivity (Wildman–Crippen MR) is 79.1 cm³/mol. The van der Waals surface area contributed by atoms with Gasteiger partial charge in [0.2, 0.25) is 5.91 Å². The van der Waals surface area contributed by atoms with Crippen molar-refractivity contribution in [1.29, 1.82) is 0 Å². The number of piperidine rings is 1. The van der Waals surface area contributed by atoms with Gasteiger partial charge in [-0.25, -0.2) is 0 Å². The number of carbonyl (C=O) groups excluding carboxylic acids is 1. The molecule has 1 aromatic rings. The molecule has 2 fully saturated rings. The van der Waals surface area contributed by atoms with Crippen molar-refractivity contribution in [2.75, 3.05) is 18.0 Å². The third kappa shape index (κ3) is 3.36. The lowest BCUT2D eigenvalue weighted by Gasteiger charge is -2.31. The molecular weight excluding hydrogens is 268 g/mol. The first kappa shape index (κ1) is 14.4. The summed E-state index contributed by atoms with van der Waals surface area (Å²) < 4.78 is 5.37. The van der Waals surface area contributed by atoms with Crippen LogP contribution in [-0.4, -0.2) is 35.2 Å². The number of carbonyl (C=O) groups is 1. The van der Waals surface area contributed by atoms with Gasteiger partial charge in [-0.2, -0.15) is 4.98 Å². The van der Waals surface area contributed by atoms with Gasteiger partial charge in [-0.05, 0) is 25.7 Å². The Morgan fingerprint density at radius 2 is 1.90 bits per heavy atom. The summed E-state index contributed by atoms with van der Waals surface area (Å²) in [4.78, 5) is 18.4. The number of rotatable bonds is 3. The van der Waals surface area contributed by atoms with Crippen molar-refractivity contribution in [1.82, 2.24) is 15.5 Å². The molecule has 2 aliphatic rings. The minimum atomic E-state index is -0.0989. The molecule has 0 unspecified atom stereocenters. The van der Waals surface area contributed by atoms with Crippen LogP contribution in [0.25, 0.3) is 0 Å². The van der Waals surface area contributed by atoms with E-state index in [-0.39, 0.29) is 17.2 Å². The van der Waals surface area contributed by atoms with E-state index >= 15 is 0 Å². The van der Waals surface area contributed by atoms with E-state index in [2.05, 4.69) is 41.1 Å². The molecule has 1 aliphatic heterocycles. The monoisotopic (exact) mass is 292 g/mol. The topological polar surface area (TPSA) is 71.3 Å². The van der Waals surface area contributed by atoms with Crippen LogP contribution in [0.4, 0.5) is 6.01 Å². The fourth-order valence-electron chi connectivity index (χ4n) is 2.53. The molecule has 0 spiro atoms. The van der Waals surface area contributed by atoms with Crippen molar-refractivity contribution in [3.8, 4) is 0 Å². The Labute approximate surface area is 125 Å². The van der Waals surface area contributed by atoms with Gasteiger partial charge in [0, 0.05) is 30.5 Å². The molecule has 1 aliphatic carbocycles. The van der Waals surface area contributed by atoms with Crippen molar-refractivity contribution in [3.05, 3.63) is 5.82 Å². The molecule has 1 saturated heterocycles. The third-order valence-electron chi connectivity index (χ3n) is 4.15. The molecule has 6 heteroatoms. The second-order valence-corrected chi connectivity index (χ2v) is 7.19. The van der Waals surface area contributed by atoms with Gasteiger partial charge in [0.1, 0.15) is 0 Å². The van der Waals surface area contributed by atoms with Gasteiger partial charge in [0.25, 0.3) is 0 Å². The molecule has 1 amide bonds. The summed E-state index contributed by atoms with van der Waals surface area (Å²) in [6, 6.07) is 0.895. The van der Waals surface area contributed by atoms with Crippen LogP contribution in [-0.2, 0) is 10.2 Å². The van der Waals surface area contributed by atoms with E-state index in [9.17, 15) is 4.79 Å². The average Bonchev–Trinajstić information content (AvgIpc) is 3.15. The lowest BCUT2D eigenvalue weighted by atomic mass is 9.96. The van der Waals surface area contributed by atoms with Gasteiger partial charge in [0.15, 0.2) is 5.82 Å². The molecule has 0 bridgehead atoms. The van der Waals surface area contributed by atoms with Gasteiger partial charge in [-0.3, -0.25) is 4.79 Å². The molecule has 116 valence electrons. The number of aromatic nitrogens is 2. The van der Waals surface area contributed by atoms with Crippen LogP contribution in [0.15, 0.2) is 4.52 Å². The largest absolute Gasteiger partial charge is 0.353 e. The molecule has 21 heavy (non-hydrogen) atoms. The molecule has 1 N–H and O–H groups in total. The zero-order valence-corrected chi connectivity index (χ0v) is 13.1. The summed E-state index contributed by atoms with van der Waals surface area (Å²) in [7, 11) is 0. The smallest absolute Gasteiger partial charge is 0.324 e. The fraction of sp³-hybridized carbons (Fsp3) is 0.800. The van der Waals surface area contributed by atoms with Crippen LogP contribution in [0.2, 0.25) is 0 Å².